The van der Waals surface area contributed by atoms with Crippen molar-refractivity contribution in [1.29, 1.82) is 0 Å². The molecule has 1 amide bonds. The molecule has 124 valence electrons. The summed E-state index contributed by atoms with van der Waals surface area (Å²) >= 11 is 0. The van der Waals surface area contributed by atoms with Gasteiger partial charge in [0.25, 0.3) is 0 Å². The minimum Gasteiger partial charge on any atom is -0.355 e. The third-order valence-electron chi connectivity index (χ3n) is 4.76. The molecule has 0 bridgehead atoms. The maximum Gasteiger partial charge on any atom is 0.220 e. The zero-order valence-electron chi connectivity index (χ0n) is 13.6. The molecule has 0 aromatic heterocycles. The van der Waals surface area contributed by atoms with E-state index in [0.29, 0.717) is 13.0 Å². The van der Waals surface area contributed by atoms with Gasteiger partial charge in [0.2, 0.25) is 5.91 Å². The van der Waals surface area contributed by atoms with E-state index in [1.165, 1.54) is 43.2 Å². The van der Waals surface area contributed by atoms with E-state index in [2.05, 4.69) is 36.5 Å². The molecule has 1 fully saturated rings. The fraction of sp³-hybridized carbons (Fsp3) is 0.611. The van der Waals surface area contributed by atoms with E-state index in [0.717, 1.165) is 13.0 Å². The number of aryl methyl sites for hydroxylation is 1. The van der Waals surface area contributed by atoms with Crippen molar-refractivity contribution in [3.05, 3.63) is 35.4 Å². The maximum atomic E-state index is 11.9. The minimum atomic E-state index is 0. The van der Waals surface area contributed by atoms with Gasteiger partial charge in [0.05, 0.1) is 0 Å². The molecule has 3 N–H and O–H groups in total. The molecule has 0 atom stereocenters. The van der Waals surface area contributed by atoms with E-state index in [1.54, 1.807) is 0 Å². The summed E-state index contributed by atoms with van der Waals surface area (Å²) in [5.41, 5.74) is 8.36. The molecule has 0 unspecified atom stereocenters. The number of nitrogens with two attached hydrogens (primary N) is 1. The summed E-state index contributed by atoms with van der Waals surface area (Å²) in [5.74, 6) is 0.138. The van der Waals surface area contributed by atoms with Gasteiger partial charge in [-0.3, -0.25) is 4.79 Å². The molecule has 4 heteroatoms. The highest BCUT2D eigenvalue weighted by molar-refractivity contribution is 5.85. The Balaban J connectivity index is 0.00000242. The third-order valence-corrected chi connectivity index (χ3v) is 4.76. The molecule has 3 nitrogen and oxygen atoms in total. The Morgan fingerprint density at radius 1 is 1.23 bits per heavy atom. The highest BCUT2D eigenvalue weighted by Crippen LogP contribution is 2.40. The predicted octanol–water partition coefficient (Wildman–Crippen LogP) is 3.47. The Labute approximate surface area is 140 Å². The topological polar surface area (TPSA) is 55.1 Å². The molecule has 0 spiro atoms. The summed E-state index contributed by atoms with van der Waals surface area (Å²) in [6, 6.07) is 8.64. The molecule has 0 saturated heterocycles. The van der Waals surface area contributed by atoms with Gasteiger partial charge >= 0.3 is 0 Å². The van der Waals surface area contributed by atoms with Crippen LogP contribution in [0.2, 0.25) is 0 Å². The molecule has 22 heavy (non-hydrogen) atoms. The van der Waals surface area contributed by atoms with E-state index < -0.39 is 0 Å². The molecule has 0 aliphatic heterocycles. The van der Waals surface area contributed by atoms with E-state index in [4.69, 9.17) is 5.73 Å². The van der Waals surface area contributed by atoms with Crippen LogP contribution in [0.4, 0.5) is 0 Å². The number of carbonyl (C=O) groups is 1. The zero-order chi connectivity index (χ0) is 15.1. The van der Waals surface area contributed by atoms with Crippen LogP contribution in [0.1, 0.15) is 56.1 Å². The summed E-state index contributed by atoms with van der Waals surface area (Å²) in [6.07, 6.45) is 7.49. The van der Waals surface area contributed by atoms with Gasteiger partial charge in [-0.15, -0.1) is 12.4 Å². The Kier molecular flexibility index (Phi) is 7.91. The first kappa shape index (κ1) is 19.0. The molecule has 1 aliphatic carbocycles. The molecule has 0 heterocycles. The van der Waals surface area contributed by atoms with Gasteiger partial charge in [0, 0.05) is 18.4 Å². The molecule has 1 aromatic rings. The lowest BCUT2D eigenvalue weighted by molar-refractivity contribution is -0.121. The molecule has 2 rings (SSSR count). The summed E-state index contributed by atoms with van der Waals surface area (Å²) in [7, 11) is 0. The van der Waals surface area contributed by atoms with Crippen LogP contribution in [-0.4, -0.2) is 19.0 Å². The standard InChI is InChI=1S/C18H28N2O.ClH/c1-15-8-3-4-9-16(15)18(11-5-2-6-12-18)14-20-17(21)10-7-13-19;/h3-4,8-9H,2,5-7,10-14,19H2,1H3,(H,20,21);1H. The van der Waals surface area contributed by atoms with Gasteiger partial charge in [-0.05, 0) is 43.9 Å². The van der Waals surface area contributed by atoms with Crippen LogP contribution in [0.5, 0.6) is 0 Å². The summed E-state index contributed by atoms with van der Waals surface area (Å²) in [5, 5.41) is 3.16. The number of hydrogen-bond donors (Lipinski definition) is 2. The van der Waals surface area contributed by atoms with E-state index >= 15 is 0 Å². The number of hydrogen-bond acceptors (Lipinski definition) is 2. The second kappa shape index (κ2) is 9.16. The first-order valence-electron chi connectivity index (χ1n) is 8.21. The summed E-state index contributed by atoms with van der Waals surface area (Å²) < 4.78 is 0. The fourth-order valence-electron chi connectivity index (χ4n) is 3.56. The smallest absolute Gasteiger partial charge is 0.220 e. The van der Waals surface area contributed by atoms with Crippen LogP contribution < -0.4 is 11.1 Å². The highest BCUT2D eigenvalue weighted by atomic mass is 35.5. The van der Waals surface area contributed by atoms with E-state index in [-0.39, 0.29) is 23.7 Å². The highest BCUT2D eigenvalue weighted by Gasteiger charge is 2.35. The Bertz CT molecular complexity index is 470. The van der Waals surface area contributed by atoms with Crippen LogP contribution in [0.15, 0.2) is 24.3 Å². The van der Waals surface area contributed by atoms with Gasteiger partial charge in [0.1, 0.15) is 0 Å². The first-order valence-corrected chi connectivity index (χ1v) is 8.21. The van der Waals surface area contributed by atoms with Crippen molar-refractivity contribution < 1.29 is 4.79 Å². The van der Waals surface area contributed by atoms with Crippen molar-refractivity contribution >= 4 is 18.3 Å². The van der Waals surface area contributed by atoms with Crippen LogP contribution >= 0.6 is 12.4 Å². The second-order valence-electron chi connectivity index (χ2n) is 6.32. The molecule has 0 radical (unpaired) electrons. The van der Waals surface area contributed by atoms with Crippen molar-refractivity contribution in [3.63, 3.8) is 0 Å². The number of amides is 1. The lowest BCUT2D eigenvalue weighted by Crippen LogP contribution is -2.42. The number of benzene rings is 1. The molecule has 1 saturated carbocycles. The number of nitrogens with one attached hydrogen (secondary N) is 1. The van der Waals surface area contributed by atoms with Crippen molar-refractivity contribution in [2.24, 2.45) is 5.73 Å². The van der Waals surface area contributed by atoms with Crippen molar-refractivity contribution in [1.82, 2.24) is 5.32 Å². The zero-order valence-corrected chi connectivity index (χ0v) is 14.4. The number of rotatable bonds is 6. The summed E-state index contributed by atoms with van der Waals surface area (Å²) in [4.78, 5) is 11.9. The predicted molar refractivity (Wildman–Crippen MR) is 94.5 cm³/mol. The monoisotopic (exact) mass is 324 g/mol. The fourth-order valence-corrected chi connectivity index (χ4v) is 3.56. The number of carbonyl (C=O) groups excluding carboxylic acids is 1. The molecule has 1 aromatic carbocycles. The van der Waals surface area contributed by atoms with Gasteiger partial charge in [-0.2, -0.15) is 0 Å². The average Bonchev–Trinajstić information content (AvgIpc) is 2.52. The number of halogens is 1. The maximum absolute atomic E-state index is 11.9. The SMILES string of the molecule is Cc1ccccc1C1(CNC(=O)CCCN)CCCCC1.Cl. The van der Waals surface area contributed by atoms with Crippen LogP contribution in [0.25, 0.3) is 0 Å². The molecule has 1 aliphatic rings. The van der Waals surface area contributed by atoms with Crippen molar-refractivity contribution in [2.75, 3.05) is 13.1 Å². The lowest BCUT2D eigenvalue weighted by atomic mass is 9.68. The van der Waals surface area contributed by atoms with Gasteiger partial charge in [-0.25, -0.2) is 0 Å². The van der Waals surface area contributed by atoms with E-state index in [9.17, 15) is 4.79 Å². The lowest BCUT2D eigenvalue weighted by Gasteiger charge is -2.39. The minimum absolute atomic E-state index is 0. The van der Waals surface area contributed by atoms with Crippen molar-refractivity contribution in [2.45, 2.75) is 57.3 Å². The first-order chi connectivity index (χ1) is 10.2. The van der Waals surface area contributed by atoms with Gasteiger partial charge in [-0.1, -0.05) is 43.5 Å². The van der Waals surface area contributed by atoms with Gasteiger partial charge in [0.15, 0.2) is 0 Å². The average molecular weight is 325 g/mol. The van der Waals surface area contributed by atoms with Crippen LogP contribution in [-0.2, 0) is 10.2 Å². The van der Waals surface area contributed by atoms with E-state index in [1.807, 2.05) is 0 Å². The second-order valence-corrected chi connectivity index (χ2v) is 6.32. The van der Waals surface area contributed by atoms with Crippen LogP contribution in [0, 0.1) is 6.92 Å². The Morgan fingerprint density at radius 2 is 1.91 bits per heavy atom. The van der Waals surface area contributed by atoms with Gasteiger partial charge < -0.3 is 11.1 Å². The summed E-state index contributed by atoms with van der Waals surface area (Å²) in [6.45, 7) is 3.53. The quantitative estimate of drug-likeness (QED) is 0.841. The molecular weight excluding hydrogens is 296 g/mol. The Hall–Kier alpha value is -1.06. The van der Waals surface area contributed by atoms with Crippen LogP contribution in [0.3, 0.4) is 0 Å². The van der Waals surface area contributed by atoms with Crippen molar-refractivity contribution in [3.8, 4) is 0 Å². The molecular formula is C18H29ClN2O. The normalized spacial score (nSPS) is 16.6. The Morgan fingerprint density at radius 3 is 2.55 bits per heavy atom. The third kappa shape index (κ3) is 4.72. The largest absolute Gasteiger partial charge is 0.355 e.